The lowest BCUT2D eigenvalue weighted by Crippen LogP contribution is -2.04. The first-order valence-corrected chi connectivity index (χ1v) is 4.44. The van der Waals surface area contributed by atoms with Crippen LogP contribution in [0.5, 0.6) is 0 Å². The third-order valence-electron chi connectivity index (χ3n) is 1.60. The van der Waals surface area contributed by atoms with Crippen LogP contribution in [0.1, 0.15) is 20.1 Å². The Kier molecular flexibility index (Phi) is 2.83. The number of carboxylic acids is 1. The van der Waals surface area contributed by atoms with Crippen LogP contribution in [0.15, 0.2) is 6.07 Å². The Morgan fingerprint density at radius 1 is 1.75 bits per heavy atom. The molecule has 66 valence electrons. The van der Waals surface area contributed by atoms with Crippen molar-refractivity contribution in [2.75, 3.05) is 7.05 Å². The lowest BCUT2D eigenvalue weighted by molar-refractivity contribution is 0.0702. The third-order valence-corrected chi connectivity index (χ3v) is 2.68. The second kappa shape index (κ2) is 3.69. The van der Waals surface area contributed by atoms with E-state index in [1.807, 2.05) is 14.0 Å². The van der Waals surface area contributed by atoms with Crippen LogP contribution in [0.25, 0.3) is 0 Å². The van der Waals surface area contributed by atoms with Gasteiger partial charge in [-0.2, -0.15) is 0 Å². The molecule has 1 aromatic heterocycles. The molecule has 0 spiro atoms. The van der Waals surface area contributed by atoms with E-state index in [4.69, 9.17) is 5.11 Å². The summed E-state index contributed by atoms with van der Waals surface area (Å²) >= 11 is 1.32. The van der Waals surface area contributed by atoms with Crippen LogP contribution < -0.4 is 5.32 Å². The first kappa shape index (κ1) is 9.22. The molecule has 1 aromatic rings. The predicted octanol–water partition coefficient (Wildman–Crippen LogP) is 1.47. The highest BCUT2D eigenvalue weighted by Crippen LogP contribution is 2.21. The van der Waals surface area contributed by atoms with Crippen molar-refractivity contribution in [2.24, 2.45) is 0 Å². The van der Waals surface area contributed by atoms with Gasteiger partial charge in [0.05, 0.1) is 0 Å². The number of hydrogen-bond donors (Lipinski definition) is 2. The number of thiophene rings is 1. The second-order valence-electron chi connectivity index (χ2n) is 2.53. The molecule has 1 rings (SSSR count). The van der Waals surface area contributed by atoms with Gasteiger partial charge in [0.1, 0.15) is 4.88 Å². The topological polar surface area (TPSA) is 49.3 Å². The number of carboxylic acid groups (broad SMARTS) is 1. The molecular formula is C8H11NO2S. The summed E-state index contributed by atoms with van der Waals surface area (Å²) in [4.78, 5) is 12.0. The lowest BCUT2D eigenvalue weighted by Gasteiger charge is -1.94. The highest BCUT2D eigenvalue weighted by Gasteiger charge is 2.09. The van der Waals surface area contributed by atoms with Crippen LogP contribution in [0.4, 0.5) is 0 Å². The molecule has 0 amide bonds. The minimum absolute atomic E-state index is 0.415. The highest BCUT2D eigenvalue weighted by molar-refractivity contribution is 7.14. The molecule has 1 heterocycles. The summed E-state index contributed by atoms with van der Waals surface area (Å²) in [7, 11) is 1.84. The van der Waals surface area contributed by atoms with Crippen LogP contribution >= 0.6 is 11.3 Å². The zero-order chi connectivity index (χ0) is 9.14. The number of aryl methyl sites for hydroxylation is 1. The van der Waals surface area contributed by atoms with Gasteiger partial charge in [-0.15, -0.1) is 11.3 Å². The standard InChI is InChI=1S/C8H11NO2S/c1-5-6(4-9-2)3-7(12-5)8(10)11/h3,9H,4H2,1-2H3,(H,10,11). The quantitative estimate of drug-likeness (QED) is 0.749. The molecule has 0 aliphatic rings. The van der Waals surface area contributed by atoms with E-state index < -0.39 is 5.97 Å². The third kappa shape index (κ3) is 1.84. The Balaban J connectivity index is 2.92. The van der Waals surface area contributed by atoms with E-state index in [1.165, 1.54) is 11.3 Å². The molecule has 0 aliphatic heterocycles. The number of hydrogen-bond acceptors (Lipinski definition) is 3. The van der Waals surface area contributed by atoms with Crippen LogP contribution in [-0.2, 0) is 6.54 Å². The Morgan fingerprint density at radius 3 is 2.83 bits per heavy atom. The number of rotatable bonds is 3. The molecule has 0 radical (unpaired) electrons. The Morgan fingerprint density at radius 2 is 2.42 bits per heavy atom. The zero-order valence-electron chi connectivity index (χ0n) is 7.05. The molecule has 0 aliphatic carbocycles. The minimum Gasteiger partial charge on any atom is -0.477 e. The van der Waals surface area contributed by atoms with E-state index in [9.17, 15) is 4.79 Å². The maximum atomic E-state index is 10.6. The molecule has 0 bridgehead atoms. The highest BCUT2D eigenvalue weighted by atomic mass is 32.1. The summed E-state index contributed by atoms with van der Waals surface area (Å²) in [5, 5.41) is 11.7. The van der Waals surface area contributed by atoms with E-state index in [1.54, 1.807) is 6.07 Å². The average molecular weight is 185 g/mol. The average Bonchev–Trinajstić information content (AvgIpc) is 2.34. The molecular weight excluding hydrogens is 174 g/mol. The Labute approximate surface area is 75.0 Å². The van der Waals surface area contributed by atoms with Gasteiger partial charge in [-0.3, -0.25) is 0 Å². The SMILES string of the molecule is CNCc1cc(C(=O)O)sc1C. The fourth-order valence-corrected chi connectivity index (χ4v) is 1.87. The first-order valence-electron chi connectivity index (χ1n) is 3.62. The van der Waals surface area contributed by atoms with E-state index in [0.29, 0.717) is 4.88 Å². The smallest absolute Gasteiger partial charge is 0.345 e. The van der Waals surface area contributed by atoms with Crippen molar-refractivity contribution in [1.29, 1.82) is 0 Å². The maximum absolute atomic E-state index is 10.6. The van der Waals surface area contributed by atoms with Crippen molar-refractivity contribution >= 4 is 17.3 Å². The van der Waals surface area contributed by atoms with Gasteiger partial charge in [-0.05, 0) is 25.6 Å². The van der Waals surface area contributed by atoms with Crippen LogP contribution in [0.3, 0.4) is 0 Å². The van der Waals surface area contributed by atoms with Gasteiger partial charge in [-0.1, -0.05) is 0 Å². The molecule has 0 atom stereocenters. The summed E-state index contributed by atoms with van der Waals surface area (Å²) in [6.07, 6.45) is 0. The van der Waals surface area contributed by atoms with Gasteiger partial charge >= 0.3 is 5.97 Å². The molecule has 0 saturated heterocycles. The molecule has 4 heteroatoms. The van der Waals surface area contributed by atoms with Gasteiger partial charge in [0.2, 0.25) is 0 Å². The summed E-state index contributed by atoms with van der Waals surface area (Å²) in [6, 6.07) is 1.72. The summed E-state index contributed by atoms with van der Waals surface area (Å²) in [6.45, 7) is 2.67. The van der Waals surface area contributed by atoms with Crippen molar-refractivity contribution in [1.82, 2.24) is 5.32 Å². The van der Waals surface area contributed by atoms with E-state index >= 15 is 0 Å². The zero-order valence-corrected chi connectivity index (χ0v) is 7.86. The first-order chi connectivity index (χ1) is 5.65. The molecule has 2 N–H and O–H groups in total. The van der Waals surface area contributed by atoms with E-state index in [0.717, 1.165) is 17.0 Å². The maximum Gasteiger partial charge on any atom is 0.345 e. The normalized spacial score (nSPS) is 10.2. The van der Waals surface area contributed by atoms with Gasteiger partial charge < -0.3 is 10.4 Å². The van der Waals surface area contributed by atoms with Gasteiger partial charge in [0.15, 0.2) is 0 Å². The number of carbonyl (C=O) groups is 1. The molecule has 0 aromatic carbocycles. The number of nitrogens with one attached hydrogen (secondary N) is 1. The van der Waals surface area contributed by atoms with Crippen molar-refractivity contribution in [2.45, 2.75) is 13.5 Å². The van der Waals surface area contributed by atoms with E-state index in [2.05, 4.69) is 5.32 Å². The van der Waals surface area contributed by atoms with Crippen LogP contribution in [-0.4, -0.2) is 18.1 Å². The summed E-state index contributed by atoms with van der Waals surface area (Å²) in [5.41, 5.74) is 1.07. The van der Waals surface area contributed by atoms with Gasteiger partial charge in [0, 0.05) is 11.4 Å². The largest absolute Gasteiger partial charge is 0.477 e. The molecule has 0 saturated carbocycles. The molecule has 0 fully saturated rings. The molecule has 0 unspecified atom stereocenters. The summed E-state index contributed by atoms with van der Waals surface area (Å²) < 4.78 is 0. The van der Waals surface area contributed by atoms with Crippen molar-refractivity contribution < 1.29 is 9.90 Å². The molecule has 12 heavy (non-hydrogen) atoms. The van der Waals surface area contributed by atoms with Crippen LogP contribution in [0, 0.1) is 6.92 Å². The number of aromatic carboxylic acids is 1. The van der Waals surface area contributed by atoms with Crippen molar-refractivity contribution in [3.8, 4) is 0 Å². The Bertz CT molecular complexity index is 293. The van der Waals surface area contributed by atoms with Crippen molar-refractivity contribution in [3.05, 3.63) is 21.4 Å². The van der Waals surface area contributed by atoms with Crippen LogP contribution in [0.2, 0.25) is 0 Å². The minimum atomic E-state index is -0.842. The van der Waals surface area contributed by atoms with Gasteiger partial charge in [0.25, 0.3) is 0 Å². The van der Waals surface area contributed by atoms with Gasteiger partial charge in [-0.25, -0.2) is 4.79 Å². The monoisotopic (exact) mass is 185 g/mol. The fraction of sp³-hybridized carbons (Fsp3) is 0.375. The molecule has 3 nitrogen and oxygen atoms in total. The fourth-order valence-electron chi connectivity index (χ4n) is 0.991. The summed E-state index contributed by atoms with van der Waals surface area (Å²) in [5.74, 6) is -0.842. The van der Waals surface area contributed by atoms with Crippen molar-refractivity contribution in [3.63, 3.8) is 0 Å². The second-order valence-corrected chi connectivity index (χ2v) is 3.78. The Hall–Kier alpha value is -0.870. The lowest BCUT2D eigenvalue weighted by atomic mass is 10.2. The van der Waals surface area contributed by atoms with E-state index in [-0.39, 0.29) is 0 Å². The predicted molar refractivity (Wildman–Crippen MR) is 48.8 cm³/mol.